The maximum Gasteiger partial charge on any atom is 0.341 e. The van der Waals surface area contributed by atoms with Gasteiger partial charge in [-0.15, -0.1) is 11.8 Å². The van der Waals surface area contributed by atoms with Crippen LogP contribution < -0.4 is 5.56 Å². The Bertz CT molecular complexity index is 528. The van der Waals surface area contributed by atoms with Gasteiger partial charge in [-0.05, 0) is 12.0 Å². The maximum atomic E-state index is 11.4. The van der Waals surface area contributed by atoms with Crippen LogP contribution >= 0.6 is 11.8 Å². The van der Waals surface area contributed by atoms with Crippen LogP contribution in [0.15, 0.2) is 15.9 Å². The first-order valence-corrected chi connectivity index (χ1v) is 5.97. The number of H-pyrrole nitrogens is 1. The van der Waals surface area contributed by atoms with Gasteiger partial charge in [0, 0.05) is 5.75 Å². The van der Waals surface area contributed by atoms with E-state index in [1.807, 2.05) is 19.9 Å². The Labute approximate surface area is 102 Å². The predicted octanol–water partition coefficient (Wildman–Crippen LogP) is 1.69. The van der Waals surface area contributed by atoms with Gasteiger partial charge < -0.3 is 10.1 Å². The Morgan fingerprint density at radius 2 is 2.29 bits per heavy atom. The van der Waals surface area contributed by atoms with Crippen LogP contribution in [0.1, 0.15) is 29.8 Å². The zero-order chi connectivity index (χ0) is 13.0. The van der Waals surface area contributed by atoms with E-state index in [1.54, 1.807) is 0 Å². The van der Waals surface area contributed by atoms with Crippen molar-refractivity contribution in [3.63, 3.8) is 0 Å². The van der Waals surface area contributed by atoms with Crippen molar-refractivity contribution in [3.8, 4) is 6.07 Å². The predicted molar refractivity (Wildman–Crippen MR) is 64.3 cm³/mol. The minimum absolute atomic E-state index is 0.188. The summed E-state index contributed by atoms with van der Waals surface area (Å²) in [6.07, 6.45) is 0. The molecule has 0 unspecified atom stereocenters. The van der Waals surface area contributed by atoms with E-state index >= 15 is 0 Å². The normalized spacial score (nSPS) is 10.2. The number of hydrogen-bond acceptors (Lipinski definition) is 4. The Kier molecular flexibility index (Phi) is 4.35. The van der Waals surface area contributed by atoms with E-state index in [2.05, 4.69) is 4.98 Å². The number of aromatic carboxylic acids is 1. The minimum Gasteiger partial charge on any atom is -0.477 e. The van der Waals surface area contributed by atoms with Crippen molar-refractivity contribution in [1.82, 2.24) is 4.98 Å². The van der Waals surface area contributed by atoms with Gasteiger partial charge in [-0.1, -0.05) is 13.8 Å². The lowest BCUT2D eigenvalue weighted by Gasteiger charge is -2.06. The molecule has 0 saturated carbocycles. The van der Waals surface area contributed by atoms with Crippen LogP contribution in [0.4, 0.5) is 0 Å². The second-order valence-electron chi connectivity index (χ2n) is 3.88. The molecule has 1 heterocycles. The van der Waals surface area contributed by atoms with Crippen molar-refractivity contribution < 1.29 is 9.90 Å². The van der Waals surface area contributed by atoms with Crippen LogP contribution in [0.25, 0.3) is 0 Å². The molecule has 2 N–H and O–H groups in total. The molecule has 0 spiro atoms. The van der Waals surface area contributed by atoms with Crippen LogP contribution in [0.5, 0.6) is 0 Å². The first-order chi connectivity index (χ1) is 7.95. The molecule has 0 amide bonds. The fourth-order valence-corrected chi connectivity index (χ4v) is 2.04. The zero-order valence-electron chi connectivity index (χ0n) is 9.48. The molecular formula is C11H12N2O3S. The van der Waals surface area contributed by atoms with Crippen molar-refractivity contribution >= 4 is 17.7 Å². The number of aromatic nitrogens is 1. The van der Waals surface area contributed by atoms with Crippen molar-refractivity contribution in [2.75, 3.05) is 5.75 Å². The summed E-state index contributed by atoms with van der Waals surface area (Å²) >= 11 is 1.34. The Morgan fingerprint density at radius 3 is 2.76 bits per heavy atom. The fourth-order valence-electron chi connectivity index (χ4n) is 1.12. The average molecular weight is 252 g/mol. The lowest BCUT2D eigenvalue weighted by Crippen LogP contribution is -2.18. The second kappa shape index (κ2) is 5.55. The van der Waals surface area contributed by atoms with Crippen LogP contribution in [0.3, 0.4) is 0 Å². The number of nitrogens with one attached hydrogen (secondary N) is 1. The molecule has 0 atom stereocenters. The van der Waals surface area contributed by atoms with Crippen LogP contribution in [-0.4, -0.2) is 21.8 Å². The summed E-state index contributed by atoms with van der Waals surface area (Å²) in [7, 11) is 0. The molecule has 17 heavy (non-hydrogen) atoms. The summed E-state index contributed by atoms with van der Waals surface area (Å²) in [5.74, 6) is -0.172. The highest BCUT2D eigenvalue weighted by atomic mass is 32.2. The molecule has 5 nitrogen and oxygen atoms in total. The highest BCUT2D eigenvalue weighted by Crippen LogP contribution is 2.21. The maximum absolute atomic E-state index is 11.4. The molecule has 1 aromatic heterocycles. The number of aromatic amines is 1. The third-order valence-corrected chi connectivity index (χ3v) is 3.36. The molecule has 1 aromatic rings. The number of rotatable bonds is 4. The Balaban J connectivity index is 3.16. The van der Waals surface area contributed by atoms with Gasteiger partial charge in [-0.25, -0.2) is 4.79 Å². The Morgan fingerprint density at radius 1 is 1.65 bits per heavy atom. The highest BCUT2D eigenvalue weighted by Gasteiger charge is 2.14. The lowest BCUT2D eigenvalue weighted by atomic mass is 10.2. The van der Waals surface area contributed by atoms with Crippen LogP contribution in [-0.2, 0) is 0 Å². The number of nitriles is 1. The van der Waals surface area contributed by atoms with E-state index in [0.29, 0.717) is 10.9 Å². The number of hydrogen-bond donors (Lipinski definition) is 2. The fraction of sp³-hybridized carbons (Fsp3) is 0.364. The quantitative estimate of drug-likeness (QED) is 0.795. The first kappa shape index (κ1) is 13.3. The van der Waals surface area contributed by atoms with Gasteiger partial charge >= 0.3 is 5.97 Å². The smallest absolute Gasteiger partial charge is 0.341 e. The number of thioether (sulfide) groups is 1. The molecule has 90 valence electrons. The minimum atomic E-state index is -1.33. The van der Waals surface area contributed by atoms with Crippen molar-refractivity contribution in [1.29, 1.82) is 5.26 Å². The molecule has 0 aliphatic rings. The summed E-state index contributed by atoms with van der Waals surface area (Å²) in [6, 6.07) is 3.00. The molecule has 0 aliphatic carbocycles. The number of nitrogens with zero attached hydrogens (tertiary/aromatic N) is 1. The molecule has 6 heteroatoms. The van der Waals surface area contributed by atoms with E-state index in [1.165, 1.54) is 11.8 Å². The molecule has 0 aliphatic heterocycles. The molecule has 0 bridgehead atoms. The van der Waals surface area contributed by atoms with Gasteiger partial charge in [0.25, 0.3) is 5.56 Å². The summed E-state index contributed by atoms with van der Waals surface area (Å²) in [6.45, 7) is 4.03. The van der Waals surface area contributed by atoms with E-state index in [9.17, 15) is 9.59 Å². The molecule has 0 fully saturated rings. The molecule has 0 saturated heterocycles. The van der Waals surface area contributed by atoms with Gasteiger partial charge in [-0.2, -0.15) is 5.26 Å². The first-order valence-electron chi connectivity index (χ1n) is 4.99. The van der Waals surface area contributed by atoms with Gasteiger partial charge in [-0.3, -0.25) is 4.79 Å². The second-order valence-corrected chi connectivity index (χ2v) is 4.91. The van der Waals surface area contributed by atoms with Crippen molar-refractivity contribution in [3.05, 3.63) is 27.5 Å². The van der Waals surface area contributed by atoms with E-state index in [-0.39, 0.29) is 5.56 Å². The summed E-state index contributed by atoms with van der Waals surface area (Å²) in [5.41, 5.74) is -0.897. The molecule has 1 rings (SSSR count). The van der Waals surface area contributed by atoms with Gasteiger partial charge in [0.2, 0.25) is 0 Å². The SMILES string of the molecule is CC(C)CSc1[nH]c(=O)c(C(=O)O)cc1C#N. The lowest BCUT2D eigenvalue weighted by molar-refractivity contribution is 0.0694. The van der Waals surface area contributed by atoms with Crippen LogP contribution in [0.2, 0.25) is 0 Å². The monoisotopic (exact) mass is 252 g/mol. The van der Waals surface area contributed by atoms with Gasteiger partial charge in [0.15, 0.2) is 0 Å². The topological polar surface area (TPSA) is 93.9 Å². The summed E-state index contributed by atoms with van der Waals surface area (Å²) in [5, 5.41) is 18.1. The number of carbonyl (C=O) groups is 1. The van der Waals surface area contributed by atoms with E-state index < -0.39 is 17.1 Å². The van der Waals surface area contributed by atoms with Crippen molar-refractivity contribution in [2.24, 2.45) is 5.92 Å². The van der Waals surface area contributed by atoms with Gasteiger partial charge in [0.05, 0.1) is 10.6 Å². The van der Waals surface area contributed by atoms with Crippen LogP contribution in [0, 0.1) is 17.2 Å². The van der Waals surface area contributed by atoms with E-state index in [0.717, 1.165) is 11.8 Å². The van der Waals surface area contributed by atoms with E-state index in [4.69, 9.17) is 10.4 Å². The van der Waals surface area contributed by atoms with Crippen molar-refractivity contribution in [2.45, 2.75) is 18.9 Å². The third kappa shape index (κ3) is 3.36. The zero-order valence-corrected chi connectivity index (χ0v) is 10.3. The summed E-state index contributed by atoms with van der Waals surface area (Å²) in [4.78, 5) is 24.6. The Hall–Kier alpha value is -1.74. The van der Waals surface area contributed by atoms with Gasteiger partial charge in [0.1, 0.15) is 11.6 Å². The third-order valence-electron chi connectivity index (χ3n) is 1.92. The number of carboxylic acids is 1. The molecular weight excluding hydrogens is 240 g/mol. The average Bonchev–Trinajstić information content (AvgIpc) is 2.25. The highest BCUT2D eigenvalue weighted by molar-refractivity contribution is 7.99. The number of pyridine rings is 1. The molecule has 0 aromatic carbocycles. The molecule has 0 radical (unpaired) electrons. The summed E-state index contributed by atoms with van der Waals surface area (Å²) < 4.78 is 0. The largest absolute Gasteiger partial charge is 0.477 e. The standard InChI is InChI=1S/C11H12N2O3S/c1-6(2)5-17-10-7(4-12)3-8(11(15)16)9(14)13-10/h3,6H,5H2,1-2H3,(H,13,14)(H,15,16). The number of carboxylic acid groups (broad SMARTS) is 1.